The first-order valence-electron chi connectivity index (χ1n) is 35.3. The highest BCUT2D eigenvalue weighted by molar-refractivity contribution is 5.96. The van der Waals surface area contributed by atoms with Gasteiger partial charge in [0.05, 0.1) is 0 Å². The Morgan fingerprint density at radius 1 is 0.293 bits per heavy atom. The number of hydrogen-bond donors (Lipinski definition) is 6. The molecule has 0 aromatic carbocycles. The van der Waals surface area contributed by atoms with Crippen molar-refractivity contribution in [1.82, 2.24) is 41.7 Å². The number of nitrogens with one attached hydrogen (secondary N) is 6. The molecule has 0 bridgehead atoms. The number of nitrogens with zero attached hydrogens (tertiary/aromatic N) is 2. The van der Waals surface area contributed by atoms with Crippen molar-refractivity contribution in [2.24, 2.45) is 0 Å². The van der Waals surface area contributed by atoms with Gasteiger partial charge in [-0.05, 0) is 77.3 Å². The predicted molar refractivity (Wildman–Crippen MR) is 344 cm³/mol. The standard InChI is InChI=1S/C68H132N8O6/c1-5-9-13-17-21-25-29-33-39-51-69-63(77)47-57-75(58-48-64(78)70-52-40-34-30-26-22-18-14-10-6-2)55-43-37-45-61-67(81)74-62(68(82)73-61)46-38-44-56-76(59-49-65(79)71-53-41-35-31-27-23-19-15-11-7-3)60-50-66(80)72-54-42-36-32-28-24-20-16-12-8-4/h61-62H,5-60H2,1-4H3,(H,69,77)(H,70,78)(H,71,79)(H,72,80)(H,73,82)(H,74,81). The second-order valence-electron chi connectivity index (χ2n) is 24.5. The summed E-state index contributed by atoms with van der Waals surface area (Å²) < 4.78 is 0. The van der Waals surface area contributed by atoms with Crippen LogP contribution >= 0.6 is 0 Å². The Balaban J connectivity index is 2.61. The molecule has 2 atom stereocenters. The van der Waals surface area contributed by atoms with Crippen LogP contribution in [0.15, 0.2) is 0 Å². The molecule has 0 aliphatic carbocycles. The maximum Gasteiger partial charge on any atom is 0.243 e. The van der Waals surface area contributed by atoms with Gasteiger partial charge in [-0.25, -0.2) is 0 Å². The van der Waals surface area contributed by atoms with E-state index in [2.05, 4.69) is 69.4 Å². The first-order chi connectivity index (χ1) is 40.1. The summed E-state index contributed by atoms with van der Waals surface area (Å²) in [5.74, 6) is -0.122. The molecule has 1 saturated heterocycles. The van der Waals surface area contributed by atoms with Crippen LogP contribution in [0.5, 0.6) is 0 Å². The van der Waals surface area contributed by atoms with E-state index in [1.54, 1.807) is 0 Å². The van der Waals surface area contributed by atoms with E-state index in [1.807, 2.05) is 0 Å². The fraction of sp³-hybridized carbons (Fsp3) is 0.912. The van der Waals surface area contributed by atoms with Crippen molar-refractivity contribution >= 4 is 35.4 Å². The molecule has 480 valence electrons. The smallest absolute Gasteiger partial charge is 0.243 e. The van der Waals surface area contributed by atoms with Crippen molar-refractivity contribution in [2.45, 2.75) is 335 Å². The molecule has 14 nitrogen and oxygen atoms in total. The monoisotopic (exact) mass is 1160 g/mol. The summed E-state index contributed by atoms with van der Waals surface area (Å²) in [6, 6.07) is -1.19. The van der Waals surface area contributed by atoms with E-state index < -0.39 is 12.1 Å². The number of rotatable bonds is 62. The third-order valence-electron chi connectivity index (χ3n) is 16.7. The summed E-state index contributed by atoms with van der Waals surface area (Å²) in [7, 11) is 0. The predicted octanol–water partition coefficient (Wildman–Crippen LogP) is 14.1. The van der Waals surface area contributed by atoms with Gasteiger partial charge in [0, 0.05) is 78.0 Å². The Morgan fingerprint density at radius 2 is 0.500 bits per heavy atom. The highest BCUT2D eigenvalue weighted by atomic mass is 16.2. The van der Waals surface area contributed by atoms with Crippen LogP contribution in [0.3, 0.4) is 0 Å². The van der Waals surface area contributed by atoms with Gasteiger partial charge in [0.25, 0.3) is 0 Å². The molecule has 6 N–H and O–H groups in total. The summed E-state index contributed by atoms with van der Waals surface area (Å²) in [5.41, 5.74) is 0. The maximum absolute atomic E-state index is 13.3. The Bertz CT molecular complexity index is 1350. The minimum absolute atomic E-state index is 0.0472. The van der Waals surface area contributed by atoms with Crippen molar-refractivity contribution in [1.29, 1.82) is 0 Å². The van der Waals surface area contributed by atoms with E-state index in [1.165, 1.54) is 180 Å². The van der Waals surface area contributed by atoms with Crippen molar-refractivity contribution in [3.63, 3.8) is 0 Å². The molecule has 82 heavy (non-hydrogen) atoms. The van der Waals surface area contributed by atoms with Gasteiger partial charge in [-0.2, -0.15) is 0 Å². The van der Waals surface area contributed by atoms with E-state index in [-0.39, 0.29) is 35.4 Å². The Kier molecular flexibility index (Phi) is 54.4. The van der Waals surface area contributed by atoms with Gasteiger partial charge in [0.2, 0.25) is 35.4 Å². The summed E-state index contributed by atoms with van der Waals surface area (Å²) in [5, 5.41) is 18.5. The molecule has 1 aliphatic heterocycles. The fourth-order valence-corrected chi connectivity index (χ4v) is 11.2. The second-order valence-corrected chi connectivity index (χ2v) is 24.5. The fourth-order valence-electron chi connectivity index (χ4n) is 11.2. The molecular formula is C68H132N8O6. The third kappa shape index (κ3) is 49.0. The van der Waals surface area contributed by atoms with E-state index in [4.69, 9.17) is 0 Å². The molecule has 0 saturated carbocycles. The van der Waals surface area contributed by atoms with Crippen LogP contribution in [0.25, 0.3) is 0 Å². The minimum atomic E-state index is -0.593. The second kappa shape index (κ2) is 58.1. The SMILES string of the molecule is CCCCCCCCCCCNC(=O)CCN(CCCCC1NC(=O)C(CCCCN(CCC(=O)NCCCCCCCCCCC)CCC(=O)NCCCCCCCCCCC)NC1=O)CCC(=O)NCCCCCCCCCCC. The molecule has 0 spiro atoms. The van der Waals surface area contributed by atoms with E-state index in [0.717, 1.165) is 77.0 Å². The molecule has 2 unspecified atom stereocenters. The van der Waals surface area contributed by atoms with Gasteiger partial charge in [0.15, 0.2) is 0 Å². The average molecular weight is 1160 g/mol. The lowest BCUT2D eigenvalue weighted by molar-refractivity contribution is -0.137. The van der Waals surface area contributed by atoms with Crippen molar-refractivity contribution < 1.29 is 28.8 Å². The number of amides is 6. The van der Waals surface area contributed by atoms with Gasteiger partial charge >= 0.3 is 0 Å². The molecule has 1 heterocycles. The van der Waals surface area contributed by atoms with Crippen molar-refractivity contribution in [2.75, 3.05) is 65.4 Å². The molecule has 6 amide bonds. The molecule has 0 aromatic heterocycles. The van der Waals surface area contributed by atoms with Crippen LogP contribution in [0.2, 0.25) is 0 Å². The quantitative estimate of drug-likeness (QED) is 0.0326. The van der Waals surface area contributed by atoms with Gasteiger partial charge in [-0.1, -0.05) is 233 Å². The number of hydrogen-bond acceptors (Lipinski definition) is 8. The van der Waals surface area contributed by atoms with Gasteiger partial charge in [0.1, 0.15) is 12.1 Å². The normalized spacial score (nSPS) is 14.3. The van der Waals surface area contributed by atoms with Crippen LogP contribution in [0.1, 0.15) is 323 Å². The third-order valence-corrected chi connectivity index (χ3v) is 16.7. The Labute approximate surface area is 504 Å². The minimum Gasteiger partial charge on any atom is -0.356 e. The highest BCUT2D eigenvalue weighted by Gasteiger charge is 2.33. The van der Waals surface area contributed by atoms with Crippen molar-refractivity contribution in [3.05, 3.63) is 0 Å². The molecule has 1 aliphatic rings. The topological polar surface area (TPSA) is 181 Å². The highest BCUT2D eigenvalue weighted by Crippen LogP contribution is 2.15. The molecule has 14 heteroatoms. The molecule has 1 rings (SSSR count). The zero-order chi connectivity index (χ0) is 59.6. The number of carbonyl (C=O) groups is 6. The first-order valence-corrected chi connectivity index (χ1v) is 35.3. The number of piperazine rings is 1. The molecular weight excluding hydrogens is 1020 g/mol. The summed E-state index contributed by atoms with van der Waals surface area (Å²) in [4.78, 5) is 82.7. The average Bonchev–Trinajstić information content (AvgIpc) is 3.53. The van der Waals surface area contributed by atoms with Crippen LogP contribution in [0, 0.1) is 0 Å². The van der Waals surface area contributed by atoms with Gasteiger partial charge in [-0.15, -0.1) is 0 Å². The summed E-state index contributed by atoms with van der Waals surface area (Å²) in [6.45, 7) is 15.5. The lowest BCUT2D eigenvalue weighted by atomic mass is 10.0. The van der Waals surface area contributed by atoms with Crippen LogP contribution in [-0.4, -0.2) is 123 Å². The first kappa shape index (κ1) is 76.8. The zero-order valence-electron chi connectivity index (χ0n) is 54.1. The largest absolute Gasteiger partial charge is 0.356 e. The lowest BCUT2D eigenvalue weighted by Crippen LogP contribution is -2.61. The van der Waals surface area contributed by atoms with Gasteiger partial charge < -0.3 is 41.7 Å². The summed E-state index contributed by atoms with van der Waals surface area (Å²) in [6.07, 6.45) is 50.3. The Morgan fingerprint density at radius 3 is 0.720 bits per heavy atom. The van der Waals surface area contributed by atoms with Crippen LogP contribution in [-0.2, 0) is 28.8 Å². The summed E-state index contributed by atoms with van der Waals surface area (Å²) >= 11 is 0. The Hall–Kier alpha value is -3.26. The van der Waals surface area contributed by atoms with E-state index >= 15 is 0 Å². The number of carbonyl (C=O) groups excluding carboxylic acids is 6. The van der Waals surface area contributed by atoms with E-state index in [9.17, 15) is 28.8 Å². The lowest BCUT2D eigenvalue weighted by Gasteiger charge is -2.30. The molecule has 1 fully saturated rings. The number of unbranched alkanes of at least 4 members (excludes halogenated alkanes) is 34. The zero-order valence-corrected chi connectivity index (χ0v) is 54.1. The maximum atomic E-state index is 13.3. The molecule has 0 radical (unpaired) electrons. The van der Waals surface area contributed by atoms with Crippen molar-refractivity contribution in [3.8, 4) is 0 Å². The van der Waals surface area contributed by atoms with Crippen LogP contribution in [0.4, 0.5) is 0 Å². The van der Waals surface area contributed by atoms with Crippen LogP contribution < -0.4 is 31.9 Å². The van der Waals surface area contributed by atoms with E-state index in [0.29, 0.717) is 104 Å². The molecule has 0 aromatic rings. The van der Waals surface area contributed by atoms with Gasteiger partial charge in [-0.3, -0.25) is 28.8 Å².